The maximum atomic E-state index is 12.5. The normalized spacial score (nSPS) is 15.7. The average Bonchev–Trinajstić information content (AvgIpc) is 3.20. The van der Waals surface area contributed by atoms with Gasteiger partial charge in [-0.25, -0.2) is 0 Å². The maximum absolute atomic E-state index is 12.5. The fourth-order valence-corrected chi connectivity index (χ4v) is 2.70. The van der Waals surface area contributed by atoms with Crippen LogP contribution in [-0.2, 0) is 13.1 Å². The van der Waals surface area contributed by atoms with Crippen molar-refractivity contribution < 1.29 is 13.2 Å². The second-order valence-corrected chi connectivity index (χ2v) is 6.35. The number of hydrogen-bond donors (Lipinski definition) is 1. The molecular formula is C15H20BrF3N2. The van der Waals surface area contributed by atoms with Crippen LogP contribution >= 0.6 is 15.9 Å². The van der Waals surface area contributed by atoms with Crippen molar-refractivity contribution >= 4 is 15.9 Å². The Bertz CT molecular complexity index is 472. The van der Waals surface area contributed by atoms with Crippen molar-refractivity contribution in [2.24, 2.45) is 0 Å². The molecule has 0 saturated heterocycles. The van der Waals surface area contributed by atoms with Crippen molar-refractivity contribution in [3.05, 3.63) is 33.8 Å². The minimum atomic E-state index is -4.16. The van der Waals surface area contributed by atoms with E-state index in [0.717, 1.165) is 22.1 Å². The second-order valence-electron chi connectivity index (χ2n) is 5.50. The molecule has 1 aliphatic rings. The van der Waals surface area contributed by atoms with Crippen LogP contribution in [-0.4, -0.2) is 30.2 Å². The topological polar surface area (TPSA) is 15.3 Å². The molecule has 0 amide bonds. The van der Waals surface area contributed by atoms with Crippen molar-refractivity contribution in [1.82, 2.24) is 10.2 Å². The molecule has 0 heterocycles. The van der Waals surface area contributed by atoms with Gasteiger partial charge in [0.25, 0.3) is 0 Å². The summed E-state index contributed by atoms with van der Waals surface area (Å²) in [7, 11) is 0. The molecule has 0 radical (unpaired) electrons. The largest absolute Gasteiger partial charge is 0.401 e. The molecule has 1 aliphatic carbocycles. The first-order valence-electron chi connectivity index (χ1n) is 7.17. The van der Waals surface area contributed by atoms with E-state index in [4.69, 9.17) is 0 Å². The number of hydrogen-bond acceptors (Lipinski definition) is 2. The molecule has 0 spiro atoms. The number of nitrogens with one attached hydrogen (secondary N) is 1. The Morgan fingerprint density at radius 1 is 1.33 bits per heavy atom. The Morgan fingerprint density at radius 2 is 2.05 bits per heavy atom. The number of rotatable bonds is 7. The fourth-order valence-electron chi connectivity index (χ4n) is 2.15. The summed E-state index contributed by atoms with van der Waals surface area (Å²) >= 11 is 3.47. The quantitative estimate of drug-likeness (QED) is 0.783. The Kier molecular flexibility index (Phi) is 5.68. The molecule has 0 bridgehead atoms. The van der Waals surface area contributed by atoms with Crippen LogP contribution in [0.4, 0.5) is 13.2 Å². The smallest absolute Gasteiger partial charge is 0.310 e. The summed E-state index contributed by atoms with van der Waals surface area (Å²) in [6.07, 6.45) is -1.68. The van der Waals surface area contributed by atoms with Crippen LogP contribution < -0.4 is 5.32 Å². The molecule has 0 atom stereocenters. The molecule has 1 aromatic rings. The Balaban J connectivity index is 1.95. The van der Waals surface area contributed by atoms with Crippen LogP contribution in [0.25, 0.3) is 0 Å². The lowest BCUT2D eigenvalue weighted by Gasteiger charge is -2.22. The molecule has 2 nitrogen and oxygen atoms in total. The molecule has 1 N–H and O–H groups in total. The molecule has 1 fully saturated rings. The van der Waals surface area contributed by atoms with Crippen LogP contribution in [0.3, 0.4) is 0 Å². The molecule has 0 aromatic heterocycles. The van der Waals surface area contributed by atoms with Gasteiger partial charge in [-0.15, -0.1) is 0 Å². The Hall–Kier alpha value is -0.590. The van der Waals surface area contributed by atoms with Crippen molar-refractivity contribution in [2.45, 2.75) is 45.1 Å². The second kappa shape index (κ2) is 7.11. The average molecular weight is 365 g/mol. The van der Waals surface area contributed by atoms with E-state index >= 15 is 0 Å². The first-order chi connectivity index (χ1) is 9.87. The SMILES string of the molecule is CCN(Cc1ccc(CNC2CC2)cc1Br)CC(F)(F)F. The maximum Gasteiger partial charge on any atom is 0.401 e. The lowest BCUT2D eigenvalue weighted by molar-refractivity contribution is -0.146. The number of alkyl halides is 3. The first-order valence-corrected chi connectivity index (χ1v) is 7.96. The van der Waals surface area contributed by atoms with Gasteiger partial charge in [0, 0.05) is 23.6 Å². The Morgan fingerprint density at radius 3 is 2.57 bits per heavy atom. The molecular weight excluding hydrogens is 345 g/mol. The first kappa shape index (κ1) is 16.8. The highest BCUT2D eigenvalue weighted by molar-refractivity contribution is 9.10. The molecule has 21 heavy (non-hydrogen) atoms. The van der Waals surface area contributed by atoms with Crippen LogP contribution in [0, 0.1) is 0 Å². The molecule has 2 rings (SSSR count). The third-order valence-electron chi connectivity index (χ3n) is 3.53. The summed E-state index contributed by atoms with van der Waals surface area (Å²) in [6, 6.07) is 6.53. The van der Waals surface area contributed by atoms with Gasteiger partial charge in [-0.05, 0) is 36.6 Å². The Labute approximate surface area is 131 Å². The van der Waals surface area contributed by atoms with Gasteiger partial charge in [0.1, 0.15) is 0 Å². The molecule has 6 heteroatoms. The van der Waals surface area contributed by atoms with Crippen LogP contribution in [0.2, 0.25) is 0 Å². The lowest BCUT2D eigenvalue weighted by atomic mass is 10.1. The summed E-state index contributed by atoms with van der Waals surface area (Å²) in [5, 5.41) is 3.42. The summed E-state index contributed by atoms with van der Waals surface area (Å²) in [5.41, 5.74) is 2.03. The molecule has 0 aliphatic heterocycles. The number of nitrogens with zero attached hydrogens (tertiary/aromatic N) is 1. The zero-order chi connectivity index (χ0) is 15.5. The predicted molar refractivity (Wildman–Crippen MR) is 81.0 cm³/mol. The van der Waals surface area contributed by atoms with Crippen LogP contribution in [0.15, 0.2) is 22.7 Å². The standard InChI is InChI=1S/C15H20BrF3N2/c1-2-21(10-15(17,18)19)9-12-4-3-11(7-14(12)16)8-20-13-5-6-13/h3-4,7,13,20H,2,5-6,8-10H2,1H3. The highest BCUT2D eigenvalue weighted by Gasteiger charge is 2.30. The zero-order valence-electron chi connectivity index (χ0n) is 12.0. The summed E-state index contributed by atoms with van der Waals surface area (Å²) in [6.45, 7) is 2.35. The third-order valence-corrected chi connectivity index (χ3v) is 4.27. The van der Waals surface area contributed by atoms with E-state index in [1.807, 2.05) is 18.2 Å². The van der Waals surface area contributed by atoms with Gasteiger partial charge in [-0.1, -0.05) is 35.0 Å². The minimum Gasteiger partial charge on any atom is -0.310 e. The van der Waals surface area contributed by atoms with Gasteiger partial charge in [-0.2, -0.15) is 13.2 Å². The number of benzene rings is 1. The lowest BCUT2D eigenvalue weighted by Crippen LogP contribution is -2.33. The van der Waals surface area contributed by atoms with E-state index < -0.39 is 12.7 Å². The summed E-state index contributed by atoms with van der Waals surface area (Å²) in [4.78, 5) is 1.39. The summed E-state index contributed by atoms with van der Waals surface area (Å²) < 4.78 is 38.3. The zero-order valence-corrected chi connectivity index (χ0v) is 13.6. The van der Waals surface area contributed by atoms with Crippen molar-refractivity contribution in [3.8, 4) is 0 Å². The number of halogens is 4. The molecule has 1 saturated carbocycles. The van der Waals surface area contributed by atoms with E-state index in [-0.39, 0.29) is 0 Å². The summed E-state index contributed by atoms with van der Waals surface area (Å²) in [5.74, 6) is 0. The highest BCUT2D eigenvalue weighted by atomic mass is 79.9. The van der Waals surface area contributed by atoms with Gasteiger partial charge < -0.3 is 5.32 Å². The molecule has 118 valence electrons. The van der Waals surface area contributed by atoms with Gasteiger partial charge >= 0.3 is 6.18 Å². The predicted octanol–water partition coefficient (Wildman–Crippen LogP) is 4.09. The monoisotopic (exact) mass is 364 g/mol. The van der Waals surface area contributed by atoms with Crippen molar-refractivity contribution in [1.29, 1.82) is 0 Å². The van der Waals surface area contributed by atoms with E-state index in [1.54, 1.807) is 6.92 Å². The van der Waals surface area contributed by atoms with Gasteiger partial charge in [0.2, 0.25) is 0 Å². The molecule has 1 aromatic carbocycles. The van der Waals surface area contributed by atoms with Gasteiger partial charge in [0.15, 0.2) is 0 Å². The molecule has 0 unspecified atom stereocenters. The minimum absolute atomic E-state index is 0.299. The van der Waals surface area contributed by atoms with E-state index in [1.165, 1.54) is 17.7 Å². The highest BCUT2D eigenvalue weighted by Crippen LogP contribution is 2.24. The van der Waals surface area contributed by atoms with Crippen LogP contribution in [0.5, 0.6) is 0 Å². The van der Waals surface area contributed by atoms with Crippen molar-refractivity contribution in [3.63, 3.8) is 0 Å². The van der Waals surface area contributed by atoms with E-state index in [0.29, 0.717) is 19.1 Å². The van der Waals surface area contributed by atoms with E-state index in [2.05, 4.69) is 21.2 Å². The van der Waals surface area contributed by atoms with E-state index in [9.17, 15) is 13.2 Å². The van der Waals surface area contributed by atoms with Gasteiger partial charge in [-0.3, -0.25) is 4.90 Å². The van der Waals surface area contributed by atoms with Crippen LogP contribution in [0.1, 0.15) is 30.9 Å². The van der Waals surface area contributed by atoms with Gasteiger partial charge in [0.05, 0.1) is 6.54 Å². The van der Waals surface area contributed by atoms with Crippen molar-refractivity contribution in [2.75, 3.05) is 13.1 Å². The fraction of sp³-hybridized carbons (Fsp3) is 0.600. The third kappa shape index (κ3) is 5.96.